The van der Waals surface area contributed by atoms with E-state index >= 15 is 0 Å². The highest BCUT2D eigenvalue weighted by atomic mass is 15.2. The summed E-state index contributed by atoms with van der Waals surface area (Å²) in [4.78, 5) is 8.87. The number of rotatable bonds is 3. The predicted octanol–water partition coefficient (Wildman–Crippen LogP) is 2.44. The van der Waals surface area contributed by atoms with E-state index in [2.05, 4.69) is 27.1 Å². The zero-order valence-corrected chi connectivity index (χ0v) is 9.91. The van der Waals surface area contributed by atoms with Gasteiger partial charge in [0.05, 0.1) is 0 Å². The first-order valence-corrected chi connectivity index (χ1v) is 5.56. The van der Waals surface area contributed by atoms with Crippen molar-refractivity contribution in [1.82, 2.24) is 20.2 Å². The molecule has 0 aliphatic heterocycles. The van der Waals surface area contributed by atoms with Gasteiger partial charge < -0.3 is 0 Å². The first-order valence-electron chi connectivity index (χ1n) is 5.56. The number of pyridine rings is 1. The lowest BCUT2D eigenvalue weighted by atomic mass is 10.2. The molecule has 0 atom stereocenters. The second-order valence-electron chi connectivity index (χ2n) is 3.94. The lowest BCUT2D eigenvalue weighted by Gasteiger charge is -2.00. The maximum Gasteiger partial charge on any atom is 0.182 e. The topological polar surface area (TPSA) is 54.5 Å². The monoisotopic (exact) mass is 216 g/mol. The molecule has 2 heterocycles. The van der Waals surface area contributed by atoms with Crippen LogP contribution < -0.4 is 0 Å². The summed E-state index contributed by atoms with van der Waals surface area (Å²) in [6.45, 7) is 6.09. The third-order valence-corrected chi connectivity index (χ3v) is 2.48. The summed E-state index contributed by atoms with van der Waals surface area (Å²) in [7, 11) is 0. The summed E-state index contributed by atoms with van der Waals surface area (Å²) in [5, 5.41) is 7.18. The predicted molar refractivity (Wildman–Crippen MR) is 63.1 cm³/mol. The van der Waals surface area contributed by atoms with Crippen molar-refractivity contribution in [3.05, 3.63) is 29.3 Å². The molecule has 0 saturated carbocycles. The number of hydrogen-bond donors (Lipinski definition) is 1. The minimum atomic E-state index is 0.744. The van der Waals surface area contributed by atoms with Gasteiger partial charge in [0.25, 0.3) is 0 Å². The standard InChI is InChI=1S/C12H16N4/c1-4-5-11-14-12(16-15-11)10-7-6-8(2)13-9(10)3/h6-7H,4-5H2,1-3H3,(H,14,15,16). The average molecular weight is 216 g/mol. The van der Waals surface area contributed by atoms with Gasteiger partial charge in [-0.3, -0.25) is 10.1 Å². The number of aromatic nitrogens is 4. The van der Waals surface area contributed by atoms with Crippen molar-refractivity contribution in [1.29, 1.82) is 0 Å². The number of H-pyrrole nitrogens is 1. The molecule has 0 unspecified atom stereocenters. The molecule has 4 heteroatoms. The highest BCUT2D eigenvalue weighted by Crippen LogP contribution is 2.18. The number of aromatic amines is 1. The van der Waals surface area contributed by atoms with Gasteiger partial charge in [-0.25, -0.2) is 4.98 Å². The van der Waals surface area contributed by atoms with Crippen molar-refractivity contribution < 1.29 is 0 Å². The van der Waals surface area contributed by atoms with Crippen LogP contribution in [0, 0.1) is 13.8 Å². The van der Waals surface area contributed by atoms with Crippen molar-refractivity contribution in [3.63, 3.8) is 0 Å². The Kier molecular flexibility index (Phi) is 2.99. The van der Waals surface area contributed by atoms with Crippen LogP contribution in [0.15, 0.2) is 12.1 Å². The third-order valence-electron chi connectivity index (χ3n) is 2.48. The van der Waals surface area contributed by atoms with E-state index in [0.29, 0.717) is 0 Å². The van der Waals surface area contributed by atoms with Gasteiger partial charge in [-0.05, 0) is 32.4 Å². The van der Waals surface area contributed by atoms with E-state index in [-0.39, 0.29) is 0 Å². The lowest BCUT2D eigenvalue weighted by molar-refractivity contribution is 0.841. The van der Waals surface area contributed by atoms with Crippen LogP contribution in [0.4, 0.5) is 0 Å². The molecule has 0 radical (unpaired) electrons. The molecule has 0 aliphatic carbocycles. The van der Waals surface area contributed by atoms with E-state index in [0.717, 1.165) is 41.4 Å². The molecule has 16 heavy (non-hydrogen) atoms. The van der Waals surface area contributed by atoms with Crippen LogP contribution >= 0.6 is 0 Å². The zero-order chi connectivity index (χ0) is 11.5. The quantitative estimate of drug-likeness (QED) is 0.857. The first-order chi connectivity index (χ1) is 7.70. The summed E-state index contributed by atoms with van der Waals surface area (Å²) in [6.07, 6.45) is 2.01. The fourth-order valence-electron chi connectivity index (χ4n) is 1.69. The fraction of sp³-hybridized carbons (Fsp3) is 0.417. The van der Waals surface area contributed by atoms with Gasteiger partial charge in [-0.2, -0.15) is 5.10 Å². The SMILES string of the molecule is CCCc1nc(-c2ccc(C)nc2C)n[nH]1. The maximum atomic E-state index is 4.45. The minimum Gasteiger partial charge on any atom is -0.263 e. The molecule has 2 rings (SSSR count). The zero-order valence-electron chi connectivity index (χ0n) is 9.91. The molecular formula is C12H16N4. The van der Waals surface area contributed by atoms with E-state index in [1.807, 2.05) is 26.0 Å². The van der Waals surface area contributed by atoms with Crippen molar-refractivity contribution in [2.45, 2.75) is 33.6 Å². The van der Waals surface area contributed by atoms with Gasteiger partial charge in [0.15, 0.2) is 5.82 Å². The van der Waals surface area contributed by atoms with E-state index in [4.69, 9.17) is 0 Å². The Balaban J connectivity index is 2.35. The summed E-state index contributed by atoms with van der Waals surface area (Å²) in [5.74, 6) is 1.69. The van der Waals surface area contributed by atoms with E-state index < -0.39 is 0 Å². The van der Waals surface area contributed by atoms with Crippen LogP contribution in [-0.4, -0.2) is 20.2 Å². The molecule has 2 aromatic rings. The van der Waals surface area contributed by atoms with Crippen LogP contribution in [0.1, 0.15) is 30.6 Å². The van der Waals surface area contributed by atoms with Crippen LogP contribution in [0.25, 0.3) is 11.4 Å². The van der Waals surface area contributed by atoms with Gasteiger partial charge in [0, 0.05) is 23.4 Å². The number of nitrogens with one attached hydrogen (secondary N) is 1. The fourth-order valence-corrected chi connectivity index (χ4v) is 1.69. The smallest absolute Gasteiger partial charge is 0.182 e. The van der Waals surface area contributed by atoms with Crippen LogP contribution in [0.5, 0.6) is 0 Å². The second kappa shape index (κ2) is 4.43. The number of aryl methyl sites for hydroxylation is 3. The number of nitrogens with zero attached hydrogens (tertiary/aromatic N) is 3. The Morgan fingerprint density at radius 2 is 2.00 bits per heavy atom. The molecule has 0 fully saturated rings. The summed E-state index contributed by atoms with van der Waals surface area (Å²) in [6, 6.07) is 4.01. The Bertz CT molecular complexity index is 488. The molecule has 0 bridgehead atoms. The summed E-state index contributed by atoms with van der Waals surface area (Å²) < 4.78 is 0. The lowest BCUT2D eigenvalue weighted by Crippen LogP contribution is -1.91. The molecular weight excluding hydrogens is 200 g/mol. The van der Waals surface area contributed by atoms with Crippen molar-refractivity contribution in [2.75, 3.05) is 0 Å². The Morgan fingerprint density at radius 3 is 2.69 bits per heavy atom. The maximum absolute atomic E-state index is 4.45. The van der Waals surface area contributed by atoms with Gasteiger partial charge in [0.2, 0.25) is 0 Å². The van der Waals surface area contributed by atoms with Gasteiger partial charge in [0.1, 0.15) is 5.82 Å². The Labute approximate surface area is 95.1 Å². The summed E-state index contributed by atoms with van der Waals surface area (Å²) >= 11 is 0. The minimum absolute atomic E-state index is 0.744. The Hall–Kier alpha value is -1.71. The summed E-state index contributed by atoms with van der Waals surface area (Å²) in [5.41, 5.74) is 3.00. The van der Waals surface area contributed by atoms with Crippen molar-refractivity contribution in [3.8, 4) is 11.4 Å². The van der Waals surface area contributed by atoms with E-state index in [9.17, 15) is 0 Å². The highest BCUT2D eigenvalue weighted by molar-refractivity contribution is 5.57. The molecule has 4 nitrogen and oxygen atoms in total. The van der Waals surface area contributed by atoms with Crippen molar-refractivity contribution in [2.24, 2.45) is 0 Å². The highest BCUT2D eigenvalue weighted by Gasteiger charge is 2.08. The molecule has 1 N–H and O–H groups in total. The molecule has 84 valence electrons. The van der Waals surface area contributed by atoms with Gasteiger partial charge in [-0.15, -0.1) is 0 Å². The van der Waals surface area contributed by atoms with Crippen LogP contribution in [-0.2, 0) is 6.42 Å². The molecule has 0 aliphatic rings. The molecule has 2 aromatic heterocycles. The van der Waals surface area contributed by atoms with Crippen LogP contribution in [0.2, 0.25) is 0 Å². The molecule has 0 saturated heterocycles. The molecule has 0 spiro atoms. The average Bonchev–Trinajstić information content (AvgIpc) is 2.67. The van der Waals surface area contributed by atoms with Crippen molar-refractivity contribution >= 4 is 0 Å². The van der Waals surface area contributed by atoms with Crippen LogP contribution in [0.3, 0.4) is 0 Å². The van der Waals surface area contributed by atoms with E-state index in [1.165, 1.54) is 0 Å². The number of hydrogen-bond acceptors (Lipinski definition) is 3. The normalized spacial score (nSPS) is 10.7. The molecule has 0 aromatic carbocycles. The first kappa shape index (κ1) is 10.8. The Morgan fingerprint density at radius 1 is 1.19 bits per heavy atom. The van der Waals surface area contributed by atoms with Gasteiger partial charge in [-0.1, -0.05) is 6.92 Å². The largest absolute Gasteiger partial charge is 0.263 e. The van der Waals surface area contributed by atoms with Gasteiger partial charge >= 0.3 is 0 Å². The second-order valence-corrected chi connectivity index (χ2v) is 3.94. The van der Waals surface area contributed by atoms with E-state index in [1.54, 1.807) is 0 Å². The third kappa shape index (κ3) is 2.10. The molecule has 0 amide bonds.